The summed E-state index contributed by atoms with van der Waals surface area (Å²) in [6.07, 6.45) is -4.61. The Morgan fingerprint density at radius 2 is 1.90 bits per heavy atom. The number of ether oxygens (including phenoxy) is 1. The number of halogens is 3. The Bertz CT molecular complexity index is 605. The standard InChI is InChI=1S/C13H9F3O3S/c14-13(15,16)10-6-9(11(20-10)12(17)18)19-7-8-4-2-1-3-5-8/h1-6H,7H2,(H,17,18)/p-1. The zero-order valence-corrected chi connectivity index (χ0v) is 10.8. The van der Waals surface area contributed by atoms with Crippen LogP contribution >= 0.6 is 11.3 Å². The summed E-state index contributed by atoms with van der Waals surface area (Å²) in [7, 11) is 0. The molecular weight excluding hydrogens is 293 g/mol. The molecule has 7 heteroatoms. The molecule has 2 rings (SSSR count). The van der Waals surface area contributed by atoms with Crippen LogP contribution in [0.5, 0.6) is 5.75 Å². The Morgan fingerprint density at radius 3 is 2.45 bits per heavy atom. The van der Waals surface area contributed by atoms with Gasteiger partial charge in [0.25, 0.3) is 0 Å². The van der Waals surface area contributed by atoms with Gasteiger partial charge in [0, 0.05) is 6.07 Å². The molecule has 0 saturated carbocycles. The summed E-state index contributed by atoms with van der Waals surface area (Å²) in [6, 6.07) is 9.38. The van der Waals surface area contributed by atoms with E-state index < -0.39 is 21.9 Å². The first-order valence-corrected chi connectivity index (χ1v) is 6.28. The van der Waals surface area contributed by atoms with Crippen LogP contribution < -0.4 is 9.84 Å². The minimum Gasteiger partial charge on any atom is -0.544 e. The van der Waals surface area contributed by atoms with Crippen LogP contribution in [-0.2, 0) is 12.8 Å². The molecule has 0 fully saturated rings. The Labute approximate surface area is 116 Å². The first-order valence-electron chi connectivity index (χ1n) is 5.47. The number of hydrogen-bond donors (Lipinski definition) is 0. The van der Waals surface area contributed by atoms with E-state index in [1.54, 1.807) is 30.3 Å². The Kier molecular flexibility index (Phi) is 3.99. The number of carbonyl (C=O) groups excluding carboxylic acids is 1. The molecule has 0 aliphatic rings. The summed E-state index contributed by atoms with van der Waals surface area (Å²) < 4.78 is 42.8. The number of carboxylic acid groups (broad SMARTS) is 1. The molecule has 0 N–H and O–H groups in total. The van der Waals surface area contributed by atoms with E-state index in [4.69, 9.17) is 4.74 Å². The fourth-order valence-corrected chi connectivity index (χ4v) is 2.30. The first kappa shape index (κ1) is 14.4. The summed E-state index contributed by atoms with van der Waals surface area (Å²) >= 11 is 0.0976. The molecular formula is C13H8F3O3S-. The molecule has 0 atom stereocenters. The average molecular weight is 301 g/mol. The lowest BCUT2D eigenvalue weighted by molar-refractivity contribution is -0.254. The summed E-state index contributed by atoms with van der Waals surface area (Å²) in [6.45, 7) is -0.0187. The normalized spacial score (nSPS) is 11.3. The van der Waals surface area contributed by atoms with Crippen molar-refractivity contribution in [1.82, 2.24) is 0 Å². The zero-order chi connectivity index (χ0) is 14.8. The molecule has 0 saturated heterocycles. The highest BCUT2D eigenvalue weighted by molar-refractivity contribution is 7.14. The predicted octanol–water partition coefficient (Wildman–Crippen LogP) is 2.71. The van der Waals surface area contributed by atoms with Crippen molar-refractivity contribution in [3.8, 4) is 5.75 Å². The summed E-state index contributed by atoms with van der Waals surface area (Å²) in [5, 5.41) is 10.8. The second-order valence-corrected chi connectivity index (χ2v) is 4.92. The maximum Gasteiger partial charge on any atom is 0.425 e. The van der Waals surface area contributed by atoms with Crippen LogP contribution in [0.15, 0.2) is 36.4 Å². The number of benzene rings is 1. The van der Waals surface area contributed by atoms with Crippen LogP contribution in [0.25, 0.3) is 0 Å². The van der Waals surface area contributed by atoms with E-state index in [0.717, 1.165) is 5.56 Å². The number of carbonyl (C=O) groups is 1. The van der Waals surface area contributed by atoms with E-state index in [1.165, 1.54) is 0 Å². The maximum atomic E-state index is 12.5. The van der Waals surface area contributed by atoms with E-state index in [-0.39, 0.29) is 23.7 Å². The Balaban J connectivity index is 2.22. The van der Waals surface area contributed by atoms with E-state index in [9.17, 15) is 23.1 Å². The minimum atomic E-state index is -4.61. The summed E-state index contributed by atoms with van der Waals surface area (Å²) in [5.41, 5.74) is 0.719. The van der Waals surface area contributed by atoms with Gasteiger partial charge in [-0.25, -0.2) is 0 Å². The van der Waals surface area contributed by atoms with Crippen molar-refractivity contribution in [3.05, 3.63) is 51.7 Å². The molecule has 0 bridgehead atoms. The molecule has 1 aromatic heterocycles. The molecule has 1 aromatic carbocycles. The lowest BCUT2D eigenvalue weighted by Gasteiger charge is -2.07. The van der Waals surface area contributed by atoms with Gasteiger partial charge in [-0.05, 0) is 5.56 Å². The van der Waals surface area contributed by atoms with Crippen molar-refractivity contribution in [2.45, 2.75) is 12.8 Å². The molecule has 0 amide bonds. The van der Waals surface area contributed by atoms with Gasteiger partial charge in [0.15, 0.2) is 0 Å². The van der Waals surface area contributed by atoms with Crippen LogP contribution in [0.4, 0.5) is 13.2 Å². The molecule has 1 heterocycles. The Hall–Kier alpha value is -2.02. The number of hydrogen-bond acceptors (Lipinski definition) is 4. The minimum absolute atomic E-state index is 0.0187. The van der Waals surface area contributed by atoms with Crippen molar-refractivity contribution < 1.29 is 27.8 Å². The van der Waals surface area contributed by atoms with Gasteiger partial charge < -0.3 is 14.6 Å². The highest BCUT2D eigenvalue weighted by atomic mass is 32.1. The highest BCUT2D eigenvalue weighted by Gasteiger charge is 2.34. The van der Waals surface area contributed by atoms with Gasteiger partial charge in [-0.3, -0.25) is 0 Å². The smallest absolute Gasteiger partial charge is 0.425 e. The van der Waals surface area contributed by atoms with Crippen LogP contribution in [0, 0.1) is 0 Å². The van der Waals surface area contributed by atoms with Gasteiger partial charge in [0.2, 0.25) is 0 Å². The highest BCUT2D eigenvalue weighted by Crippen LogP contribution is 2.40. The monoisotopic (exact) mass is 301 g/mol. The van der Waals surface area contributed by atoms with Crippen molar-refractivity contribution in [1.29, 1.82) is 0 Å². The number of alkyl halides is 3. The average Bonchev–Trinajstić information content (AvgIpc) is 2.82. The van der Waals surface area contributed by atoms with Crippen LogP contribution in [0.2, 0.25) is 0 Å². The van der Waals surface area contributed by atoms with E-state index in [1.807, 2.05) is 0 Å². The summed E-state index contributed by atoms with van der Waals surface area (Å²) in [4.78, 5) is 9.24. The third-order valence-electron chi connectivity index (χ3n) is 2.40. The van der Waals surface area contributed by atoms with Crippen molar-refractivity contribution in [2.75, 3.05) is 0 Å². The molecule has 0 aliphatic carbocycles. The van der Waals surface area contributed by atoms with Crippen molar-refractivity contribution in [3.63, 3.8) is 0 Å². The number of rotatable bonds is 4. The fraction of sp³-hybridized carbons (Fsp3) is 0.154. The van der Waals surface area contributed by atoms with Crippen LogP contribution in [0.3, 0.4) is 0 Å². The molecule has 0 unspecified atom stereocenters. The van der Waals surface area contributed by atoms with Gasteiger partial charge in [-0.2, -0.15) is 13.2 Å². The third kappa shape index (κ3) is 3.30. The van der Waals surface area contributed by atoms with Gasteiger partial charge in [-0.1, -0.05) is 30.3 Å². The summed E-state index contributed by atoms with van der Waals surface area (Å²) in [5.74, 6) is -2.01. The topological polar surface area (TPSA) is 49.4 Å². The van der Waals surface area contributed by atoms with Crippen LogP contribution in [-0.4, -0.2) is 5.97 Å². The van der Waals surface area contributed by atoms with Gasteiger partial charge >= 0.3 is 6.18 Å². The third-order valence-corrected chi connectivity index (χ3v) is 3.54. The second-order valence-electron chi connectivity index (χ2n) is 3.86. The second kappa shape index (κ2) is 5.54. The van der Waals surface area contributed by atoms with Gasteiger partial charge in [-0.15, -0.1) is 11.3 Å². The lowest BCUT2D eigenvalue weighted by atomic mass is 10.2. The van der Waals surface area contributed by atoms with E-state index in [0.29, 0.717) is 6.07 Å². The zero-order valence-electron chi connectivity index (χ0n) is 9.94. The van der Waals surface area contributed by atoms with Gasteiger partial charge in [0.1, 0.15) is 17.2 Å². The van der Waals surface area contributed by atoms with Crippen molar-refractivity contribution in [2.24, 2.45) is 0 Å². The molecule has 3 nitrogen and oxygen atoms in total. The Morgan fingerprint density at radius 1 is 1.25 bits per heavy atom. The predicted molar refractivity (Wildman–Crippen MR) is 64.4 cm³/mol. The number of aromatic carboxylic acids is 1. The maximum absolute atomic E-state index is 12.5. The fourth-order valence-electron chi connectivity index (χ4n) is 1.50. The largest absolute Gasteiger partial charge is 0.544 e. The SMILES string of the molecule is O=C([O-])c1sc(C(F)(F)F)cc1OCc1ccccc1. The number of thiophene rings is 1. The molecule has 20 heavy (non-hydrogen) atoms. The van der Waals surface area contributed by atoms with Gasteiger partial charge in [0.05, 0.1) is 10.8 Å². The van der Waals surface area contributed by atoms with E-state index in [2.05, 4.69) is 0 Å². The van der Waals surface area contributed by atoms with Crippen LogP contribution in [0.1, 0.15) is 20.1 Å². The van der Waals surface area contributed by atoms with Crippen molar-refractivity contribution >= 4 is 17.3 Å². The molecule has 106 valence electrons. The molecule has 2 aromatic rings. The quantitative estimate of drug-likeness (QED) is 0.872. The number of carboxylic acids is 1. The lowest BCUT2D eigenvalue weighted by Crippen LogP contribution is -2.21. The first-order chi connectivity index (χ1) is 9.38. The van der Waals surface area contributed by atoms with E-state index >= 15 is 0 Å². The molecule has 0 radical (unpaired) electrons. The molecule has 0 spiro atoms. The molecule has 0 aliphatic heterocycles.